The van der Waals surface area contributed by atoms with E-state index in [1.807, 2.05) is 35.8 Å². The van der Waals surface area contributed by atoms with Crippen LogP contribution in [-0.2, 0) is 13.0 Å². The predicted molar refractivity (Wildman–Crippen MR) is 135 cm³/mol. The van der Waals surface area contributed by atoms with Gasteiger partial charge in [0.05, 0.1) is 11.2 Å². The molecule has 6 rings (SSSR count). The maximum atomic E-state index is 12.0. The molecule has 4 heterocycles. The van der Waals surface area contributed by atoms with Crippen LogP contribution in [0.5, 0.6) is 0 Å². The Morgan fingerprint density at radius 2 is 1.97 bits per heavy atom. The van der Waals surface area contributed by atoms with Crippen molar-refractivity contribution in [2.24, 2.45) is 5.73 Å². The molecule has 0 saturated carbocycles. The number of carbonyl (C=O) groups is 1. The lowest BCUT2D eigenvalue weighted by Gasteiger charge is -2.32. The summed E-state index contributed by atoms with van der Waals surface area (Å²) in [5.74, 6) is 1.07. The Hall–Kier alpha value is -3.87. The number of piperidine rings is 1. The summed E-state index contributed by atoms with van der Waals surface area (Å²) < 4.78 is 2.03. The summed E-state index contributed by atoms with van der Waals surface area (Å²) in [5.41, 5.74) is 11.5. The highest BCUT2D eigenvalue weighted by molar-refractivity contribution is 6.06. The van der Waals surface area contributed by atoms with Crippen LogP contribution < -0.4 is 16.0 Å². The highest BCUT2D eigenvalue weighted by Crippen LogP contribution is 2.41. The number of amides is 1. The number of nitrogens with two attached hydrogens (primary N) is 1. The molecule has 7 heteroatoms. The van der Waals surface area contributed by atoms with Gasteiger partial charge in [-0.25, -0.2) is 4.98 Å². The Balaban J connectivity index is 1.49. The summed E-state index contributed by atoms with van der Waals surface area (Å²) in [4.78, 5) is 24.6. The second-order valence-corrected chi connectivity index (χ2v) is 9.28. The number of aryl methyl sites for hydroxylation is 1. The average Bonchev–Trinajstić information content (AvgIpc) is 3.39. The van der Waals surface area contributed by atoms with Gasteiger partial charge in [-0.1, -0.05) is 36.4 Å². The molecule has 2 aromatic heterocycles. The molecule has 172 valence electrons. The van der Waals surface area contributed by atoms with Crippen molar-refractivity contribution in [3.63, 3.8) is 0 Å². The van der Waals surface area contributed by atoms with Gasteiger partial charge in [-0.2, -0.15) is 4.98 Å². The van der Waals surface area contributed by atoms with Crippen molar-refractivity contribution in [3.8, 4) is 5.95 Å². The molecule has 0 bridgehead atoms. The normalized spacial score (nSPS) is 17.0. The van der Waals surface area contributed by atoms with Crippen LogP contribution in [0, 0.1) is 6.92 Å². The van der Waals surface area contributed by atoms with E-state index in [1.165, 1.54) is 24.8 Å². The molecular weight excluding hydrogens is 424 g/mol. The zero-order valence-corrected chi connectivity index (χ0v) is 19.3. The topological polar surface area (TPSA) is 89.1 Å². The Bertz CT molecular complexity index is 1390. The Morgan fingerprint density at radius 3 is 2.79 bits per heavy atom. The third-order valence-electron chi connectivity index (χ3n) is 7.09. The molecule has 4 aromatic rings. The monoisotopic (exact) mass is 452 g/mol. The first-order valence-corrected chi connectivity index (χ1v) is 12.0. The fourth-order valence-electron chi connectivity index (χ4n) is 5.51. The van der Waals surface area contributed by atoms with E-state index in [0.717, 1.165) is 46.8 Å². The highest BCUT2D eigenvalue weighted by atomic mass is 16.1. The average molecular weight is 453 g/mol. The highest BCUT2D eigenvalue weighted by Gasteiger charge is 2.35. The zero-order valence-electron chi connectivity index (χ0n) is 19.3. The number of aromatic nitrogens is 3. The smallest absolute Gasteiger partial charge is 0.249 e. The van der Waals surface area contributed by atoms with E-state index in [9.17, 15) is 4.79 Å². The molecule has 0 spiro atoms. The van der Waals surface area contributed by atoms with Crippen LogP contribution in [0.4, 0.5) is 11.5 Å². The molecule has 2 aromatic carbocycles. The number of hydrogen-bond acceptors (Lipinski definition) is 5. The molecule has 0 radical (unpaired) electrons. The lowest BCUT2D eigenvalue weighted by molar-refractivity contribution is 0.100. The van der Waals surface area contributed by atoms with Gasteiger partial charge in [0.2, 0.25) is 11.9 Å². The summed E-state index contributed by atoms with van der Waals surface area (Å²) in [6, 6.07) is 18.5. The van der Waals surface area contributed by atoms with Crippen LogP contribution in [0.3, 0.4) is 0 Å². The summed E-state index contributed by atoms with van der Waals surface area (Å²) in [5, 5.41) is 4.44. The summed E-state index contributed by atoms with van der Waals surface area (Å²) in [6.45, 7) is 3.76. The number of nitrogens with one attached hydrogen (secondary N) is 1. The van der Waals surface area contributed by atoms with Gasteiger partial charge in [0, 0.05) is 42.2 Å². The molecule has 1 atom stereocenters. The predicted octanol–water partition coefficient (Wildman–Crippen LogP) is 4.35. The molecule has 2 aliphatic heterocycles. The molecule has 7 nitrogen and oxygen atoms in total. The summed E-state index contributed by atoms with van der Waals surface area (Å²) in [7, 11) is 0. The minimum absolute atomic E-state index is 0.431. The van der Waals surface area contributed by atoms with Crippen molar-refractivity contribution in [1.29, 1.82) is 0 Å². The van der Waals surface area contributed by atoms with Crippen LogP contribution in [0.1, 0.15) is 46.6 Å². The van der Waals surface area contributed by atoms with E-state index in [0.29, 0.717) is 24.1 Å². The first-order chi connectivity index (χ1) is 16.6. The van der Waals surface area contributed by atoms with Crippen molar-refractivity contribution >= 4 is 28.3 Å². The lowest BCUT2D eigenvalue weighted by Crippen LogP contribution is -2.36. The first-order valence-electron chi connectivity index (χ1n) is 12.0. The SMILES string of the molecule is Cc1cc2c(C(N)=O)cccc2n1-c1nc2c(c(NCc3ccccc3)n1)N1CCCCC1C2. The van der Waals surface area contributed by atoms with Crippen LogP contribution in [0.15, 0.2) is 54.6 Å². The maximum absolute atomic E-state index is 12.0. The van der Waals surface area contributed by atoms with Gasteiger partial charge in [-0.05, 0) is 49.9 Å². The third kappa shape index (κ3) is 3.39. The molecular formula is C27H28N6O. The van der Waals surface area contributed by atoms with Gasteiger partial charge < -0.3 is 16.0 Å². The Morgan fingerprint density at radius 1 is 1.12 bits per heavy atom. The first kappa shape index (κ1) is 20.7. The number of benzene rings is 2. The fraction of sp³-hybridized carbons (Fsp3) is 0.296. The van der Waals surface area contributed by atoms with E-state index >= 15 is 0 Å². The molecule has 1 amide bonds. The van der Waals surface area contributed by atoms with E-state index in [1.54, 1.807) is 6.07 Å². The number of hydrogen-bond donors (Lipinski definition) is 2. The van der Waals surface area contributed by atoms with Gasteiger partial charge in [-0.3, -0.25) is 9.36 Å². The van der Waals surface area contributed by atoms with Crippen molar-refractivity contribution in [1.82, 2.24) is 14.5 Å². The van der Waals surface area contributed by atoms with Crippen LogP contribution in [-0.4, -0.2) is 33.0 Å². The van der Waals surface area contributed by atoms with Crippen molar-refractivity contribution < 1.29 is 4.79 Å². The quantitative estimate of drug-likeness (QED) is 0.470. The minimum atomic E-state index is -0.431. The van der Waals surface area contributed by atoms with E-state index in [-0.39, 0.29) is 0 Å². The van der Waals surface area contributed by atoms with Crippen LogP contribution in [0.25, 0.3) is 16.9 Å². The zero-order chi connectivity index (χ0) is 23.2. The molecule has 0 aliphatic carbocycles. The van der Waals surface area contributed by atoms with Crippen molar-refractivity contribution in [2.45, 2.75) is 45.2 Å². The molecule has 1 fully saturated rings. The lowest BCUT2D eigenvalue weighted by atomic mass is 10.0. The van der Waals surface area contributed by atoms with Crippen molar-refractivity contribution in [3.05, 3.63) is 77.1 Å². The summed E-state index contributed by atoms with van der Waals surface area (Å²) in [6.07, 6.45) is 4.60. The number of carbonyl (C=O) groups excluding carboxylic acids is 1. The standard InChI is InChI=1S/C27H28N6O/c1-17-14-21-20(25(28)34)11-7-12-23(21)33(17)27-30-22-15-19-10-5-6-13-32(19)24(22)26(31-27)29-16-18-8-3-2-4-9-18/h2-4,7-9,11-12,14,19H,5-6,10,13,15-16H2,1H3,(H2,28,34)(H,29,30,31). The van der Waals surface area contributed by atoms with Crippen molar-refractivity contribution in [2.75, 3.05) is 16.8 Å². The molecule has 3 N–H and O–H groups in total. The second-order valence-electron chi connectivity index (χ2n) is 9.28. The number of primary amides is 1. The number of anilines is 2. The molecule has 1 unspecified atom stereocenters. The van der Waals surface area contributed by atoms with Gasteiger partial charge in [0.15, 0.2) is 5.82 Å². The number of nitrogens with zero attached hydrogens (tertiary/aromatic N) is 4. The summed E-state index contributed by atoms with van der Waals surface area (Å²) >= 11 is 0. The molecule has 2 aliphatic rings. The van der Waals surface area contributed by atoms with E-state index < -0.39 is 5.91 Å². The van der Waals surface area contributed by atoms with Gasteiger partial charge in [0.25, 0.3) is 0 Å². The van der Waals surface area contributed by atoms with Crippen LogP contribution in [0.2, 0.25) is 0 Å². The Labute approximate surface area is 198 Å². The Kier molecular flexibility index (Phi) is 4.98. The number of fused-ring (bicyclic) bond motifs is 4. The molecule has 1 saturated heterocycles. The fourth-order valence-corrected chi connectivity index (χ4v) is 5.51. The third-order valence-corrected chi connectivity index (χ3v) is 7.09. The van der Waals surface area contributed by atoms with Gasteiger partial charge in [-0.15, -0.1) is 0 Å². The van der Waals surface area contributed by atoms with Gasteiger partial charge in [0.1, 0.15) is 5.69 Å². The number of rotatable bonds is 5. The van der Waals surface area contributed by atoms with Crippen LogP contribution >= 0.6 is 0 Å². The minimum Gasteiger partial charge on any atom is -0.366 e. The van der Waals surface area contributed by atoms with E-state index in [4.69, 9.17) is 15.7 Å². The second kappa shape index (κ2) is 8.17. The van der Waals surface area contributed by atoms with Gasteiger partial charge >= 0.3 is 0 Å². The largest absolute Gasteiger partial charge is 0.366 e. The maximum Gasteiger partial charge on any atom is 0.249 e. The van der Waals surface area contributed by atoms with E-state index in [2.05, 4.69) is 34.5 Å². The molecule has 34 heavy (non-hydrogen) atoms.